The maximum Gasteiger partial charge on any atom is 0.300 e. The van der Waals surface area contributed by atoms with Gasteiger partial charge in [0.15, 0.2) is 11.5 Å². The van der Waals surface area contributed by atoms with Crippen molar-refractivity contribution < 1.29 is 28.9 Å². The molecule has 0 bridgehead atoms. The molecule has 3 aromatic rings. The van der Waals surface area contributed by atoms with Crippen molar-refractivity contribution in [3.8, 4) is 17.2 Å². The van der Waals surface area contributed by atoms with Crippen molar-refractivity contribution in [2.24, 2.45) is 0 Å². The van der Waals surface area contributed by atoms with Crippen LogP contribution in [0.1, 0.15) is 17.2 Å². The smallest absolute Gasteiger partial charge is 0.300 e. The first-order valence-electron chi connectivity index (χ1n) is 11.4. The Kier molecular flexibility index (Phi) is 7.31. The van der Waals surface area contributed by atoms with Crippen LogP contribution in [0, 0.1) is 0 Å². The topological polar surface area (TPSA) is 88.5 Å². The number of carbonyl (C=O) groups excluding carboxylic acids is 2. The third-order valence-corrected chi connectivity index (χ3v) is 6.57. The zero-order chi connectivity index (χ0) is 26.9. The lowest BCUT2D eigenvalue weighted by Crippen LogP contribution is -2.29. The first-order chi connectivity index (χ1) is 17.7. The number of carbonyl (C=O) groups is 2. The van der Waals surface area contributed by atoms with Crippen molar-refractivity contribution in [1.82, 2.24) is 0 Å². The molecule has 37 heavy (non-hydrogen) atoms. The minimum atomic E-state index is -0.965. The second-order valence-corrected chi connectivity index (χ2v) is 8.95. The number of aliphatic hydroxyl groups is 1. The van der Waals surface area contributed by atoms with Gasteiger partial charge in [-0.05, 0) is 60.2 Å². The third kappa shape index (κ3) is 4.68. The van der Waals surface area contributed by atoms with E-state index in [1.165, 1.54) is 32.3 Å². The third-order valence-electron chi connectivity index (χ3n) is 6.24. The second-order valence-electron chi connectivity index (χ2n) is 8.54. The highest BCUT2D eigenvalue weighted by Crippen LogP contribution is 2.45. The van der Waals surface area contributed by atoms with Crippen LogP contribution in [-0.4, -0.2) is 52.2 Å². The summed E-state index contributed by atoms with van der Waals surface area (Å²) in [6, 6.07) is 16.0. The van der Waals surface area contributed by atoms with Gasteiger partial charge in [0.1, 0.15) is 11.5 Å². The van der Waals surface area contributed by atoms with Gasteiger partial charge in [-0.15, -0.1) is 0 Å². The van der Waals surface area contributed by atoms with Crippen molar-refractivity contribution >= 4 is 40.4 Å². The van der Waals surface area contributed by atoms with Crippen molar-refractivity contribution in [3.63, 3.8) is 0 Å². The van der Waals surface area contributed by atoms with Crippen LogP contribution in [0.15, 0.2) is 66.2 Å². The molecule has 8 nitrogen and oxygen atoms in total. The van der Waals surface area contributed by atoms with Crippen LogP contribution in [-0.2, 0) is 9.59 Å². The molecule has 1 fully saturated rings. The summed E-state index contributed by atoms with van der Waals surface area (Å²) in [4.78, 5) is 30.2. The van der Waals surface area contributed by atoms with Gasteiger partial charge >= 0.3 is 0 Å². The summed E-state index contributed by atoms with van der Waals surface area (Å²) in [5, 5.41) is 11.6. The number of aliphatic hydroxyl groups excluding tert-OH is 1. The maximum atomic E-state index is 13.5. The summed E-state index contributed by atoms with van der Waals surface area (Å²) < 4.78 is 16.1. The molecule has 1 N–H and O–H groups in total. The number of rotatable bonds is 7. The van der Waals surface area contributed by atoms with Gasteiger partial charge in [-0.1, -0.05) is 17.7 Å². The second kappa shape index (κ2) is 10.4. The number of amides is 1. The van der Waals surface area contributed by atoms with Gasteiger partial charge in [0.2, 0.25) is 0 Å². The fourth-order valence-corrected chi connectivity index (χ4v) is 4.51. The molecule has 0 saturated carbocycles. The molecule has 0 aromatic heterocycles. The molecule has 1 aliphatic heterocycles. The van der Waals surface area contributed by atoms with E-state index in [-0.39, 0.29) is 16.2 Å². The molecular weight excluding hydrogens is 496 g/mol. The zero-order valence-electron chi connectivity index (χ0n) is 21.1. The highest BCUT2D eigenvalue weighted by Gasteiger charge is 2.47. The summed E-state index contributed by atoms with van der Waals surface area (Å²) in [5.41, 5.74) is 2.01. The fourth-order valence-electron chi connectivity index (χ4n) is 4.31. The highest BCUT2D eigenvalue weighted by atomic mass is 35.5. The van der Waals surface area contributed by atoms with E-state index in [2.05, 4.69) is 0 Å². The molecule has 1 atom stereocenters. The van der Waals surface area contributed by atoms with Crippen LogP contribution < -0.4 is 24.0 Å². The van der Waals surface area contributed by atoms with Gasteiger partial charge in [-0.3, -0.25) is 14.5 Å². The first-order valence-corrected chi connectivity index (χ1v) is 11.7. The van der Waals surface area contributed by atoms with E-state index in [9.17, 15) is 14.7 Å². The van der Waals surface area contributed by atoms with E-state index in [1.54, 1.807) is 42.5 Å². The van der Waals surface area contributed by atoms with E-state index in [0.717, 1.165) is 5.69 Å². The average molecular weight is 523 g/mol. The van der Waals surface area contributed by atoms with Crippen LogP contribution in [0.4, 0.5) is 11.4 Å². The highest BCUT2D eigenvalue weighted by molar-refractivity contribution is 6.52. The van der Waals surface area contributed by atoms with Gasteiger partial charge in [0.05, 0.1) is 38.0 Å². The van der Waals surface area contributed by atoms with Gasteiger partial charge in [-0.2, -0.15) is 0 Å². The summed E-state index contributed by atoms with van der Waals surface area (Å²) in [7, 11) is 8.30. The monoisotopic (exact) mass is 522 g/mol. The summed E-state index contributed by atoms with van der Waals surface area (Å²) in [6.07, 6.45) is 0. The summed E-state index contributed by atoms with van der Waals surface area (Å²) in [6.45, 7) is 0. The molecule has 0 spiro atoms. The fraction of sp³-hybridized carbons (Fsp3) is 0.214. The largest absolute Gasteiger partial charge is 0.507 e. The lowest BCUT2D eigenvalue weighted by Gasteiger charge is -2.26. The Labute approximate surface area is 220 Å². The predicted molar refractivity (Wildman–Crippen MR) is 143 cm³/mol. The number of benzene rings is 3. The number of hydrogen-bond donors (Lipinski definition) is 1. The standard InChI is InChI=1S/C28H27ClN2O6/c1-30(2)17-7-9-18(10-8-17)31-25(16-6-13-22(36-4)23(14-16)37-5)24(27(33)28(31)34)26(32)20-15-19(35-3)11-12-21(20)29/h6-15,25,32H,1-5H3/b26-24+. The summed E-state index contributed by atoms with van der Waals surface area (Å²) in [5.74, 6) is -0.704. The quantitative estimate of drug-likeness (QED) is 0.263. The van der Waals surface area contributed by atoms with Gasteiger partial charge in [0.25, 0.3) is 11.7 Å². The average Bonchev–Trinajstić information content (AvgIpc) is 3.18. The van der Waals surface area contributed by atoms with E-state index in [0.29, 0.717) is 28.5 Å². The van der Waals surface area contributed by atoms with Crippen LogP contribution in [0.3, 0.4) is 0 Å². The molecule has 1 amide bonds. The minimum absolute atomic E-state index is 0.107. The molecular formula is C28H27ClN2O6. The van der Waals surface area contributed by atoms with E-state index < -0.39 is 23.5 Å². The number of halogens is 1. The molecule has 9 heteroatoms. The summed E-state index contributed by atoms with van der Waals surface area (Å²) >= 11 is 6.39. The van der Waals surface area contributed by atoms with Crippen LogP contribution in [0.25, 0.3) is 5.76 Å². The van der Waals surface area contributed by atoms with E-state index >= 15 is 0 Å². The Balaban J connectivity index is 1.97. The van der Waals surface area contributed by atoms with Crippen molar-refractivity contribution in [2.45, 2.75) is 6.04 Å². The number of anilines is 2. The van der Waals surface area contributed by atoms with Crippen molar-refractivity contribution in [1.29, 1.82) is 0 Å². The molecule has 0 aliphatic carbocycles. The number of methoxy groups -OCH3 is 3. The Morgan fingerprint density at radius 2 is 1.57 bits per heavy atom. The van der Waals surface area contributed by atoms with Gasteiger partial charge in [0, 0.05) is 31.0 Å². The number of ether oxygens (including phenoxy) is 3. The SMILES string of the molecule is COc1ccc(Cl)c(/C(O)=C2\C(=O)C(=O)N(c3ccc(N(C)C)cc3)C2c2ccc(OC)c(OC)c2)c1. The molecule has 192 valence electrons. The number of nitrogens with zero attached hydrogens (tertiary/aromatic N) is 2. The van der Waals surface area contributed by atoms with E-state index in [1.807, 2.05) is 31.1 Å². The Bertz CT molecular complexity index is 1380. The molecule has 1 aliphatic rings. The number of hydrogen-bond acceptors (Lipinski definition) is 7. The number of Topliss-reactive ketones (excluding diaryl/α,β-unsaturated/α-hetero) is 1. The lowest BCUT2D eigenvalue weighted by atomic mass is 9.94. The predicted octanol–water partition coefficient (Wildman–Crippen LogP) is 5.06. The minimum Gasteiger partial charge on any atom is -0.507 e. The molecule has 3 aromatic carbocycles. The van der Waals surface area contributed by atoms with Crippen molar-refractivity contribution in [3.05, 3.63) is 82.4 Å². The Morgan fingerprint density at radius 1 is 0.892 bits per heavy atom. The van der Waals surface area contributed by atoms with Gasteiger partial charge < -0.3 is 24.2 Å². The first kappa shape index (κ1) is 25.9. The molecule has 1 saturated heterocycles. The molecule has 1 unspecified atom stereocenters. The van der Waals surface area contributed by atoms with Crippen LogP contribution in [0.5, 0.6) is 17.2 Å². The Morgan fingerprint density at radius 3 is 2.16 bits per heavy atom. The van der Waals surface area contributed by atoms with Crippen LogP contribution in [0.2, 0.25) is 5.02 Å². The zero-order valence-corrected chi connectivity index (χ0v) is 21.9. The molecule has 0 radical (unpaired) electrons. The molecule has 4 rings (SSSR count). The molecule has 1 heterocycles. The van der Waals surface area contributed by atoms with E-state index in [4.69, 9.17) is 25.8 Å². The van der Waals surface area contributed by atoms with Gasteiger partial charge in [-0.25, -0.2) is 0 Å². The maximum absolute atomic E-state index is 13.5. The Hall–Kier alpha value is -4.17. The number of ketones is 1. The van der Waals surface area contributed by atoms with Crippen molar-refractivity contribution in [2.75, 3.05) is 45.2 Å². The van der Waals surface area contributed by atoms with Crippen LogP contribution >= 0.6 is 11.6 Å². The normalized spacial score (nSPS) is 16.6. The lowest BCUT2D eigenvalue weighted by molar-refractivity contribution is -0.132.